The molecule has 0 radical (unpaired) electrons. The molecule has 4 aromatic rings. The Kier molecular flexibility index (Phi) is 13.8. The van der Waals surface area contributed by atoms with Crippen molar-refractivity contribution in [3.63, 3.8) is 0 Å². The van der Waals surface area contributed by atoms with Crippen molar-refractivity contribution in [2.75, 3.05) is 32.1 Å². The molecule has 358 valence electrons. The number of anilines is 1. The lowest BCUT2D eigenvalue weighted by Crippen LogP contribution is -2.24. The van der Waals surface area contributed by atoms with Gasteiger partial charge in [-0.3, -0.25) is 19.4 Å². The summed E-state index contributed by atoms with van der Waals surface area (Å²) in [6.07, 6.45) is 5.53. The Hall–Kier alpha value is -8.73. The lowest BCUT2D eigenvalue weighted by Gasteiger charge is -2.21. The molecule has 8 rings (SSSR count). The first kappa shape index (κ1) is 48.7. The van der Waals surface area contributed by atoms with Crippen LogP contribution in [0, 0.1) is 0 Å². The van der Waals surface area contributed by atoms with Gasteiger partial charge in [0.25, 0.3) is 5.91 Å². The van der Waals surface area contributed by atoms with Crippen molar-refractivity contribution in [2.24, 2.45) is 4.99 Å². The van der Waals surface area contributed by atoms with Crippen LogP contribution >= 0.6 is 23.2 Å². The number of aromatic hydroxyl groups is 1. The van der Waals surface area contributed by atoms with Gasteiger partial charge in [0.05, 0.1) is 49.8 Å². The van der Waals surface area contributed by atoms with Gasteiger partial charge in [-0.2, -0.15) is 0 Å². The predicted octanol–water partition coefficient (Wildman–Crippen LogP) is 9.34. The maximum atomic E-state index is 13.5. The fourth-order valence-corrected chi connectivity index (χ4v) is 8.83. The average molecular weight is 996 g/mol. The summed E-state index contributed by atoms with van der Waals surface area (Å²) in [5.41, 5.74) is 1.61. The lowest BCUT2D eigenvalue weighted by atomic mass is 9.89. The first-order valence-corrected chi connectivity index (χ1v) is 22.4. The van der Waals surface area contributed by atoms with Crippen molar-refractivity contribution in [3.05, 3.63) is 169 Å². The average Bonchev–Trinajstić information content (AvgIpc) is 3.33. The Morgan fingerprint density at radius 1 is 0.718 bits per heavy atom. The Bertz CT molecular complexity index is 3670. The minimum absolute atomic E-state index is 0.0254. The molecule has 2 aliphatic carbocycles. The zero-order chi connectivity index (χ0) is 50.8. The van der Waals surface area contributed by atoms with E-state index in [0.29, 0.717) is 50.7 Å². The van der Waals surface area contributed by atoms with Gasteiger partial charge in [-0.05, 0) is 79.2 Å². The SMILES string of the molecule is CCN=c1ccc2c(-c3c(Cl)cc(C(=O)NC/C=C/C=C/C(=O)NCc4c(O)ccc5c(-c6ccc(C(=O)O)cc6C(=O)O)c6ccc(=O)cc-6oc45)c(Cl)c3C(=O)O)c3ccc(N(C)C)cc3oc-2c1. The van der Waals surface area contributed by atoms with E-state index in [1.807, 2.05) is 38.1 Å². The lowest BCUT2D eigenvalue weighted by molar-refractivity contribution is -0.116. The number of hydrogen-bond acceptors (Lipinski definition) is 11. The van der Waals surface area contributed by atoms with Crippen LogP contribution in [0.4, 0.5) is 5.69 Å². The molecule has 0 spiro atoms. The van der Waals surface area contributed by atoms with Crippen LogP contribution < -0.4 is 26.3 Å². The molecule has 0 bridgehead atoms. The number of fused-ring (bicyclic) bond motifs is 4. The standard InChI is InChI=1S/C53H40Cl2N4O12/c1-4-56-27-10-14-32-40(21-27)70-41-22-28(59(2)3)11-15-33(41)45(32)46-38(54)24-36(48(55)47(46)53(68)69)50(63)57-19-7-5-6-8-43(62)58-25-37-39(61)18-17-34-44(31-16-12-29(60)23-42(31)71-49(34)37)30-13-9-26(51(64)65)20-35(30)52(66)67/h5-18,20-24,61H,4,19,25H2,1-3H3,(H,57,63)(H,58,62)(H,64,65)(H,66,67)(H,68,69)/b7-5+,8-6+,56-27?. The molecule has 16 nitrogen and oxygen atoms in total. The van der Waals surface area contributed by atoms with Crippen LogP contribution in [0.5, 0.6) is 5.75 Å². The number of hydrogen-bond donors (Lipinski definition) is 6. The maximum absolute atomic E-state index is 13.5. The molecule has 6 N–H and O–H groups in total. The Balaban J connectivity index is 1.01. The molecular formula is C53H40Cl2N4O12. The molecule has 18 heteroatoms. The highest BCUT2D eigenvalue weighted by Gasteiger charge is 2.30. The Morgan fingerprint density at radius 3 is 2.15 bits per heavy atom. The van der Waals surface area contributed by atoms with Gasteiger partial charge in [0.2, 0.25) is 5.91 Å². The number of rotatable bonds is 14. The highest BCUT2D eigenvalue weighted by atomic mass is 35.5. The molecule has 4 aromatic carbocycles. The van der Waals surface area contributed by atoms with Gasteiger partial charge in [-0.15, -0.1) is 0 Å². The third kappa shape index (κ3) is 9.66. The number of nitrogens with zero attached hydrogens (tertiary/aromatic N) is 2. The largest absolute Gasteiger partial charge is 0.507 e. The van der Waals surface area contributed by atoms with Crippen LogP contribution in [-0.4, -0.2) is 77.3 Å². The fourth-order valence-electron chi connectivity index (χ4n) is 8.22. The monoisotopic (exact) mass is 994 g/mol. The van der Waals surface area contributed by atoms with Crippen molar-refractivity contribution in [1.82, 2.24) is 10.6 Å². The van der Waals surface area contributed by atoms with E-state index in [2.05, 4.69) is 15.6 Å². The number of allylic oxidation sites excluding steroid dienone is 2. The summed E-state index contributed by atoms with van der Waals surface area (Å²) < 4.78 is 12.5. The van der Waals surface area contributed by atoms with E-state index < -0.39 is 40.7 Å². The molecule has 2 amide bonds. The van der Waals surface area contributed by atoms with Crippen LogP contribution in [-0.2, 0) is 11.3 Å². The number of carbonyl (C=O) groups excluding carboxylic acids is 2. The van der Waals surface area contributed by atoms with Crippen molar-refractivity contribution in [3.8, 4) is 50.7 Å². The van der Waals surface area contributed by atoms with Gasteiger partial charge in [0.1, 0.15) is 28.4 Å². The van der Waals surface area contributed by atoms with Gasteiger partial charge >= 0.3 is 17.9 Å². The molecule has 0 saturated heterocycles. The van der Waals surface area contributed by atoms with E-state index in [1.165, 1.54) is 72.8 Å². The quantitative estimate of drug-likeness (QED) is 0.0338. The second-order valence-electron chi connectivity index (χ2n) is 16.1. The second-order valence-corrected chi connectivity index (χ2v) is 16.9. The van der Waals surface area contributed by atoms with Crippen molar-refractivity contribution in [1.29, 1.82) is 0 Å². The zero-order valence-corrected chi connectivity index (χ0v) is 39.3. The van der Waals surface area contributed by atoms with Crippen LogP contribution in [0.2, 0.25) is 10.0 Å². The van der Waals surface area contributed by atoms with E-state index in [1.54, 1.807) is 24.3 Å². The Morgan fingerprint density at radius 2 is 1.44 bits per heavy atom. The van der Waals surface area contributed by atoms with Gasteiger partial charge in [-0.25, -0.2) is 14.4 Å². The second kappa shape index (κ2) is 20.1. The third-order valence-electron chi connectivity index (χ3n) is 11.5. The number of carbonyl (C=O) groups is 5. The van der Waals surface area contributed by atoms with Gasteiger partial charge in [0, 0.05) is 95.7 Å². The van der Waals surface area contributed by atoms with Crippen LogP contribution in [0.15, 0.2) is 134 Å². The number of carboxylic acids is 3. The van der Waals surface area contributed by atoms with E-state index in [4.69, 9.17) is 32.0 Å². The van der Waals surface area contributed by atoms with Crippen molar-refractivity contribution < 1.29 is 53.2 Å². The van der Waals surface area contributed by atoms with Crippen molar-refractivity contribution >= 4 is 80.6 Å². The topological polar surface area (TPSA) is 249 Å². The first-order chi connectivity index (χ1) is 34.0. The summed E-state index contributed by atoms with van der Waals surface area (Å²) in [5.74, 6) is -5.32. The zero-order valence-electron chi connectivity index (χ0n) is 37.8. The summed E-state index contributed by atoms with van der Waals surface area (Å²) in [5, 5.41) is 47.6. The molecule has 0 atom stereocenters. The van der Waals surface area contributed by atoms with Gasteiger partial charge in [0.15, 0.2) is 5.43 Å². The number of nitrogens with one attached hydrogen (secondary N) is 2. The number of aromatic carboxylic acids is 3. The van der Waals surface area contributed by atoms with Crippen molar-refractivity contribution in [2.45, 2.75) is 13.5 Å². The number of benzene rings is 6. The molecule has 0 fully saturated rings. The third-order valence-corrected chi connectivity index (χ3v) is 12.2. The minimum atomic E-state index is -1.42. The molecular weight excluding hydrogens is 956 g/mol. The summed E-state index contributed by atoms with van der Waals surface area (Å²) in [4.78, 5) is 82.5. The van der Waals surface area contributed by atoms with Crippen LogP contribution in [0.3, 0.4) is 0 Å². The van der Waals surface area contributed by atoms with E-state index in [0.717, 1.165) is 11.8 Å². The molecule has 0 unspecified atom stereocenters. The number of halogens is 2. The summed E-state index contributed by atoms with van der Waals surface area (Å²) in [6, 6.07) is 22.4. The summed E-state index contributed by atoms with van der Waals surface area (Å²) in [7, 11) is 3.75. The molecule has 0 aromatic heterocycles. The van der Waals surface area contributed by atoms with Gasteiger partial charge < -0.3 is 44.8 Å². The molecule has 2 aliphatic heterocycles. The molecule has 4 aliphatic rings. The summed E-state index contributed by atoms with van der Waals surface area (Å²) in [6.45, 7) is 2.06. The smallest absolute Gasteiger partial charge is 0.337 e. The van der Waals surface area contributed by atoms with E-state index >= 15 is 0 Å². The maximum Gasteiger partial charge on any atom is 0.337 e. The highest BCUT2D eigenvalue weighted by Crippen LogP contribution is 2.47. The number of phenolic OH excluding ortho intramolecular Hbond substituents is 1. The molecule has 2 heterocycles. The molecule has 71 heavy (non-hydrogen) atoms. The highest BCUT2D eigenvalue weighted by molar-refractivity contribution is 6.41. The van der Waals surface area contributed by atoms with E-state index in [9.17, 15) is 49.2 Å². The molecule has 0 saturated carbocycles. The van der Waals surface area contributed by atoms with E-state index in [-0.39, 0.29) is 79.2 Å². The normalized spacial score (nSPS) is 11.9. The predicted molar refractivity (Wildman–Crippen MR) is 268 cm³/mol. The van der Waals surface area contributed by atoms with Crippen LogP contribution in [0.25, 0.3) is 66.8 Å². The number of phenols is 1. The minimum Gasteiger partial charge on any atom is -0.507 e. The van der Waals surface area contributed by atoms with Gasteiger partial charge in [-0.1, -0.05) is 47.5 Å². The Labute approximate surface area is 412 Å². The fraction of sp³-hybridized carbons (Fsp3) is 0.113. The number of amides is 2. The number of carboxylic acid groups (broad SMARTS) is 3. The van der Waals surface area contributed by atoms with Crippen LogP contribution in [0.1, 0.15) is 53.9 Å². The first-order valence-electron chi connectivity index (χ1n) is 21.6. The summed E-state index contributed by atoms with van der Waals surface area (Å²) >= 11 is 13.7.